The Hall–Kier alpha value is -2.21. The zero-order valence-electron chi connectivity index (χ0n) is 10.4. The second kappa shape index (κ2) is 6.65. The van der Waals surface area contributed by atoms with Gasteiger partial charge in [-0.3, -0.25) is 5.43 Å². The first-order valence-corrected chi connectivity index (χ1v) is 6.64. The van der Waals surface area contributed by atoms with Gasteiger partial charge in [0.05, 0.1) is 12.8 Å². The molecule has 0 radical (unpaired) electrons. The van der Waals surface area contributed by atoms with Gasteiger partial charge in [0, 0.05) is 5.38 Å². The average molecular weight is 275 g/mol. The fourth-order valence-corrected chi connectivity index (χ4v) is 1.95. The molecule has 0 aliphatic heterocycles. The molecule has 1 aromatic heterocycles. The van der Waals surface area contributed by atoms with Crippen molar-refractivity contribution in [2.75, 3.05) is 12.0 Å². The summed E-state index contributed by atoms with van der Waals surface area (Å²) in [5, 5.41) is 6.24. The molecule has 0 amide bonds. The Bertz CT molecular complexity index is 566. The monoisotopic (exact) mass is 275 g/mol. The number of esters is 1. The number of carbonyl (C=O) groups is 1. The molecule has 5 nitrogen and oxygen atoms in total. The molecule has 0 spiro atoms. The minimum Gasteiger partial charge on any atom is -0.461 e. The predicted molar refractivity (Wildman–Crippen MR) is 75.7 cm³/mol. The van der Waals surface area contributed by atoms with Crippen LogP contribution in [0.15, 0.2) is 40.8 Å². The maximum Gasteiger partial charge on any atom is 0.357 e. The van der Waals surface area contributed by atoms with E-state index in [1.165, 1.54) is 11.3 Å². The third-order valence-electron chi connectivity index (χ3n) is 2.16. The third kappa shape index (κ3) is 3.89. The molecule has 1 aromatic carbocycles. The zero-order valence-corrected chi connectivity index (χ0v) is 11.2. The van der Waals surface area contributed by atoms with Crippen LogP contribution in [0.5, 0.6) is 0 Å². The Morgan fingerprint density at radius 2 is 2.26 bits per heavy atom. The summed E-state index contributed by atoms with van der Waals surface area (Å²) in [5.41, 5.74) is 4.06. The van der Waals surface area contributed by atoms with Crippen LogP contribution in [0.3, 0.4) is 0 Å². The molecule has 0 saturated carbocycles. The van der Waals surface area contributed by atoms with Crippen molar-refractivity contribution in [2.45, 2.75) is 6.92 Å². The average Bonchev–Trinajstić information content (AvgIpc) is 2.89. The lowest BCUT2D eigenvalue weighted by Gasteiger charge is -1.96. The van der Waals surface area contributed by atoms with E-state index >= 15 is 0 Å². The van der Waals surface area contributed by atoms with Crippen molar-refractivity contribution in [2.24, 2.45) is 5.10 Å². The first kappa shape index (κ1) is 13.2. The van der Waals surface area contributed by atoms with Crippen molar-refractivity contribution in [3.05, 3.63) is 47.0 Å². The summed E-state index contributed by atoms with van der Waals surface area (Å²) in [5.74, 6) is -0.418. The molecule has 0 fully saturated rings. The Kier molecular flexibility index (Phi) is 4.63. The zero-order chi connectivity index (χ0) is 13.5. The van der Waals surface area contributed by atoms with E-state index in [4.69, 9.17) is 4.74 Å². The number of carbonyl (C=O) groups excluding carboxylic acids is 1. The predicted octanol–water partition coefficient (Wildman–Crippen LogP) is 2.77. The number of benzene rings is 1. The smallest absolute Gasteiger partial charge is 0.357 e. The minimum absolute atomic E-state index is 0.296. The van der Waals surface area contributed by atoms with Crippen LogP contribution in [0, 0.1) is 0 Å². The van der Waals surface area contributed by atoms with E-state index in [0.29, 0.717) is 17.4 Å². The van der Waals surface area contributed by atoms with Gasteiger partial charge in [-0.2, -0.15) is 5.10 Å². The summed E-state index contributed by atoms with van der Waals surface area (Å²) in [6.07, 6.45) is 1.69. The van der Waals surface area contributed by atoms with Crippen LogP contribution < -0.4 is 5.43 Å². The van der Waals surface area contributed by atoms with Crippen LogP contribution in [0.25, 0.3) is 0 Å². The highest BCUT2D eigenvalue weighted by atomic mass is 32.1. The van der Waals surface area contributed by atoms with Gasteiger partial charge in [0.25, 0.3) is 0 Å². The van der Waals surface area contributed by atoms with Gasteiger partial charge in [-0.15, -0.1) is 11.3 Å². The number of nitrogens with one attached hydrogen (secondary N) is 1. The van der Waals surface area contributed by atoms with Crippen molar-refractivity contribution in [1.29, 1.82) is 0 Å². The van der Waals surface area contributed by atoms with Crippen LogP contribution in [-0.2, 0) is 4.74 Å². The third-order valence-corrected chi connectivity index (χ3v) is 2.91. The molecule has 0 atom stereocenters. The maximum atomic E-state index is 11.4. The quantitative estimate of drug-likeness (QED) is 0.518. The normalized spacial score (nSPS) is 10.6. The molecule has 2 aromatic rings. The van der Waals surface area contributed by atoms with Crippen molar-refractivity contribution >= 4 is 28.7 Å². The summed E-state index contributed by atoms with van der Waals surface area (Å²) in [6, 6.07) is 9.69. The minimum atomic E-state index is -0.418. The summed E-state index contributed by atoms with van der Waals surface area (Å²) < 4.78 is 4.85. The number of nitrogens with zero attached hydrogens (tertiary/aromatic N) is 2. The summed E-state index contributed by atoms with van der Waals surface area (Å²) in [6.45, 7) is 2.10. The van der Waals surface area contributed by atoms with Gasteiger partial charge in [-0.1, -0.05) is 30.3 Å². The molecule has 0 aliphatic carbocycles. The molecule has 1 heterocycles. The molecular formula is C13H13N3O2S. The highest BCUT2D eigenvalue weighted by Gasteiger charge is 2.10. The number of hydrogen-bond acceptors (Lipinski definition) is 6. The first-order valence-electron chi connectivity index (χ1n) is 5.76. The number of aromatic nitrogens is 1. The van der Waals surface area contributed by atoms with Gasteiger partial charge >= 0.3 is 5.97 Å². The topological polar surface area (TPSA) is 63.6 Å². The first-order chi connectivity index (χ1) is 9.29. The van der Waals surface area contributed by atoms with Crippen molar-refractivity contribution in [3.63, 3.8) is 0 Å². The molecule has 0 unspecified atom stereocenters. The summed E-state index contributed by atoms with van der Waals surface area (Å²) in [4.78, 5) is 15.5. The molecule has 19 heavy (non-hydrogen) atoms. The molecule has 0 saturated heterocycles. The molecule has 2 rings (SSSR count). The van der Waals surface area contributed by atoms with Gasteiger partial charge in [-0.05, 0) is 12.5 Å². The maximum absolute atomic E-state index is 11.4. The standard InChI is InChI=1S/C13H13N3O2S/c1-2-18-12(17)11-9-19-13(15-11)16-14-8-10-6-4-3-5-7-10/h3-9H,2H2,1H3,(H,15,16)/b14-8+. The molecule has 98 valence electrons. The van der Waals surface area contributed by atoms with Crippen molar-refractivity contribution in [3.8, 4) is 0 Å². The lowest BCUT2D eigenvalue weighted by atomic mass is 10.2. The van der Waals surface area contributed by atoms with Crippen LogP contribution in [0.4, 0.5) is 5.13 Å². The van der Waals surface area contributed by atoms with E-state index < -0.39 is 5.97 Å². The highest BCUT2D eigenvalue weighted by molar-refractivity contribution is 7.13. The Morgan fingerprint density at radius 1 is 1.47 bits per heavy atom. The second-order valence-corrected chi connectivity index (χ2v) is 4.40. The lowest BCUT2D eigenvalue weighted by molar-refractivity contribution is 0.0520. The number of thiazole rings is 1. The molecule has 0 bridgehead atoms. The molecule has 0 aliphatic rings. The van der Waals surface area contributed by atoms with Crippen molar-refractivity contribution in [1.82, 2.24) is 4.98 Å². The number of ether oxygens (including phenoxy) is 1. The Morgan fingerprint density at radius 3 is 3.00 bits per heavy atom. The highest BCUT2D eigenvalue weighted by Crippen LogP contribution is 2.15. The van der Waals surface area contributed by atoms with E-state index in [9.17, 15) is 4.79 Å². The molecular weight excluding hydrogens is 262 g/mol. The van der Waals surface area contributed by atoms with Crippen LogP contribution >= 0.6 is 11.3 Å². The van der Waals surface area contributed by atoms with E-state index in [1.807, 2.05) is 30.3 Å². The van der Waals surface area contributed by atoms with Gasteiger partial charge in [0.1, 0.15) is 0 Å². The van der Waals surface area contributed by atoms with Gasteiger partial charge < -0.3 is 4.74 Å². The van der Waals surface area contributed by atoms with E-state index in [1.54, 1.807) is 18.5 Å². The number of rotatable bonds is 5. The second-order valence-electron chi connectivity index (χ2n) is 3.54. The van der Waals surface area contributed by atoms with Gasteiger partial charge in [0.2, 0.25) is 5.13 Å². The largest absolute Gasteiger partial charge is 0.461 e. The SMILES string of the molecule is CCOC(=O)c1csc(N/N=C/c2ccccc2)n1. The lowest BCUT2D eigenvalue weighted by Crippen LogP contribution is -2.04. The molecule has 6 heteroatoms. The van der Waals surface area contributed by atoms with Gasteiger partial charge in [0.15, 0.2) is 5.69 Å². The molecule has 1 N–H and O–H groups in total. The van der Waals surface area contributed by atoms with E-state index in [0.717, 1.165) is 5.56 Å². The number of hydrogen-bond donors (Lipinski definition) is 1. The fourth-order valence-electron chi connectivity index (χ4n) is 1.33. The van der Waals surface area contributed by atoms with Crippen LogP contribution in [0.1, 0.15) is 23.0 Å². The van der Waals surface area contributed by atoms with E-state index in [-0.39, 0.29) is 0 Å². The van der Waals surface area contributed by atoms with Gasteiger partial charge in [-0.25, -0.2) is 9.78 Å². The van der Waals surface area contributed by atoms with Crippen LogP contribution in [0.2, 0.25) is 0 Å². The van der Waals surface area contributed by atoms with Crippen molar-refractivity contribution < 1.29 is 9.53 Å². The van der Waals surface area contributed by atoms with E-state index in [2.05, 4.69) is 15.5 Å². The fraction of sp³-hybridized carbons (Fsp3) is 0.154. The summed E-state index contributed by atoms with van der Waals surface area (Å²) in [7, 11) is 0. The Balaban J connectivity index is 1.94. The van der Waals surface area contributed by atoms with Crippen LogP contribution in [-0.4, -0.2) is 23.8 Å². The summed E-state index contributed by atoms with van der Waals surface area (Å²) >= 11 is 1.30. The number of hydrazone groups is 1. The number of anilines is 1. The Labute approximate surface area is 114 Å².